The van der Waals surface area contributed by atoms with Gasteiger partial charge in [-0.1, -0.05) is 84.9 Å². The van der Waals surface area contributed by atoms with Crippen molar-refractivity contribution in [3.8, 4) is 0 Å². The van der Waals surface area contributed by atoms with E-state index in [1.54, 1.807) is 23.1 Å². The van der Waals surface area contributed by atoms with Gasteiger partial charge in [0, 0.05) is 18.3 Å². The summed E-state index contributed by atoms with van der Waals surface area (Å²) in [7, 11) is 0. The molecule has 3 unspecified atom stereocenters. The number of ether oxygens (including phenoxy) is 1. The second-order valence-electron chi connectivity index (χ2n) is 14.0. The third-order valence-electron chi connectivity index (χ3n) is 11.0. The van der Waals surface area contributed by atoms with E-state index in [0.717, 1.165) is 71.0 Å². The first-order valence-electron chi connectivity index (χ1n) is 17.3. The van der Waals surface area contributed by atoms with Crippen LogP contribution < -0.4 is 10.6 Å². The lowest BCUT2D eigenvalue weighted by atomic mass is 9.74. The van der Waals surface area contributed by atoms with Crippen LogP contribution in [0, 0.1) is 17.8 Å². The Morgan fingerprint density at radius 2 is 1.68 bits per heavy atom. The normalized spacial score (nSPS) is 29.3. The van der Waals surface area contributed by atoms with Crippen LogP contribution in [0.25, 0.3) is 0 Å². The van der Waals surface area contributed by atoms with Crippen molar-refractivity contribution in [1.29, 1.82) is 0 Å². The molecule has 2 N–H and O–H groups in total. The van der Waals surface area contributed by atoms with Crippen LogP contribution in [0.5, 0.6) is 0 Å². The molecule has 4 aliphatic heterocycles. The first kappa shape index (κ1) is 32.6. The Morgan fingerprint density at radius 3 is 2.43 bits per heavy atom. The average molecular weight is 680 g/mol. The topological polar surface area (TPSA) is 91.0 Å². The van der Waals surface area contributed by atoms with Crippen LogP contribution in [0.2, 0.25) is 10.0 Å². The molecule has 250 valence electrons. The molecule has 1 spiro atoms. The highest BCUT2D eigenvalue weighted by atomic mass is 35.5. The third-order valence-corrected chi connectivity index (χ3v) is 11.8. The predicted molar refractivity (Wildman–Crippen MR) is 183 cm³/mol. The van der Waals surface area contributed by atoms with E-state index in [1.807, 2.05) is 12.2 Å². The Labute approximate surface area is 287 Å². The molecule has 3 amide bonds. The zero-order valence-corrected chi connectivity index (χ0v) is 28.2. The van der Waals surface area contributed by atoms with Crippen LogP contribution in [0.15, 0.2) is 60.7 Å². The van der Waals surface area contributed by atoms with Gasteiger partial charge in [0.05, 0.1) is 28.0 Å². The van der Waals surface area contributed by atoms with Crippen LogP contribution in [-0.2, 0) is 25.5 Å². The summed E-state index contributed by atoms with van der Waals surface area (Å²) in [5.74, 6) is -1.55. The lowest BCUT2D eigenvalue weighted by Gasteiger charge is -2.35. The highest BCUT2D eigenvalue weighted by molar-refractivity contribution is 6.42. The number of likely N-dealkylation sites (tertiary alicyclic amines) is 2. The fourth-order valence-electron chi connectivity index (χ4n) is 8.66. The number of rotatable bonds is 10. The Morgan fingerprint density at radius 1 is 0.915 bits per heavy atom. The number of fused-ring (bicyclic) bond motifs is 1. The van der Waals surface area contributed by atoms with Crippen molar-refractivity contribution in [2.45, 2.75) is 81.6 Å². The summed E-state index contributed by atoms with van der Waals surface area (Å²) < 4.78 is 6.53. The van der Waals surface area contributed by atoms with Crippen molar-refractivity contribution in [3.05, 3.63) is 76.3 Å². The quantitative estimate of drug-likeness (QED) is 0.307. The number of hydrogen-bond donors (Lipinski definition) is 2. The maximum absolute atomic E-state index is 14.3. The van der Waals surface area contributed by atoms with Crippen LogP contribution in [0.3, 0.4) is 0 Å². The Balaban J connectivity index is 1.04. The number of nitrogens with zero attached hydrogens (tertiary/aromatic N) is 2. The number of piperidine rings is 1. The smallest absolute Gasteiger partial charge is 0.246 e. The summed E-state index contributed by atoms with van der Waals surface area (Å²) in [5, 5.41) is 6.91. The molecule has 1 saturated carbocycles. The largest absolute Gasteiger partial charge is 0.359 e. The number of carbonyl (C=O) groups is 3. The highest BCUT2D eigenvalue weighted by Gasteiger charge is 2.72. The number of carbonyl (C=O) groups excluding carboxylic acids is 3. The number of hydrogen-bond acceptors (Lipinski definition) is 5. The van der Waals surface area contributed by atoms with Crippen LogP contribution in [0.1, 0.15) is 56.9 Å². The lowest BCUT2D eigenvalue weighted by Crippen LogP contribution is -2.56. The molecule has 4 heterocycles. The van der Waals surface area contributed by atoms with Crippen molar-refractivity contribution in [3.63, 3.8) is 0 Å². The van der Waals surface area contributed by atoms with E-state index in [1.165, 1.54) is 12.0 Å². The van der Waals surface area contributed by atoms with Crippen LogP contribution in [0.4, 0.5) is 5.69 Å². The van der Waals surface area contributed by atoms with Gasteiger partial charge in [-0.25, -0.2) is 0 Å². The molecule has 2 bridgehead atoms. The fraction of sp³-hybridized carbons (Fsp3) is 0.541. The molecule has 1 aliphatic carbocycles. The van der Waals surface area contributed by atoms with E-state index in [2.05, 4.69) is 45.9 Å². The van der Waals surface area contributed by atoms with Crippen molar-refractivity contribution < 1.29 is 19.1 Å². The molecule has 47 heavy (non-hydrogen) atoms. The van der Waals surface area contributed by atoms with Gasteiger partial charge >= 0.3 is 0 Å². The summed E-state index contributed by atoms with van der Waals surface area (Å²) in [4.78, 5) is 46.4. The molecular weight excluding hydrogens is 635 g/mol. The second kappa shape index (κ2) is 13.9. The molecule has 4 fully saturated rings. The maximum atomic E-state index is 14.3. The standard InChI is InChI=1S/C37H44Cl2N4O4/c38-28-13-12-27(23-29(28)39)41-34(44)31-30-14-17-37(47-30)32(31)36(46)43(33(37)35(45)40-26-10-5-2-6-11-26)19-7-18-42-20-15-25(16-21-42)22-24-8-3-1-4-9-24/h1,3-4,8-9,12-14,17,23,25-26,30-33H,2,5-7,10-11,15-16,18-22H2,(H,40,45)(H,41,44)/t30-,31?,32-,33?,37?/m1/s1. The summed E-state index contributed by atoms with van der Waals surface area (Å²) in [6.07, 6.45) is 12.6. The monoisotopic (exact) mass is 678 g/mol. The van der Waals surface area contributed by atoms with Gasteiger partial charge in [-0.05, 0) is 87.8 Å². The van der Waals surface area contributed by atoms with E-state index >= 15 is 0 Å². The van der Waals surface area contributed by atoms with Crippen LogP contribution >= 0.6 is 23.2 Å². The molecule has 2 aromatic carbocycles. The molecule has 3 saturated heterocycles. The van der Waals surface area contributed by atoms with Gasteiger partial charge in [0.25, 0.3) is 0 Å². The SMILES string of the molecule is O=C(Nc1ccc(Cl)c(Cl)c1)C1[C@H]2C=CC3(O2)C(C(=O)NC2CCCCC2)N(CCCN2CCC(Cc4ccccc4)CC2)C(=O)[C@@H]13. The summed E-state index contributed by atoms with van der Waals surface area (Å²) >= 11 is 12.3. The van der Waals surface area contributed by atoms with Gasteiger partial charge in [0.2, 0.25) is 17.7 Å². The van der Waals surface area contributed by atoms with Gasteiger partial charge in [-0.2, -0.15) is 0 Å². The zero-order chi connectivity index (χ0) is 32.5. The molecule has 7 rings (SSSR count). The predicted octanol–water partition coefficient (Wildman–Crippen LogP) is 5.88. The third kappa shape index (κ3) is 6.59. The van der Waals surface area contributed by atoms with E-state index in [9.17, 15) is 14.4 Å². The number of amides is 3. The van der Waals surface area contributed by atoms with Gasteiger partial charge in [0.1, 0.15) is 11.6 Å². The van der Waals surface area contributed by atoms with Gasteiger partial charge in [-0.15, -0.1) is 0 Å². The minimum Gasteiger partial charge on any atom is -0.359 e. The minimum atomic E-state index is -1.17. The van der Waals surface area contributed by atoms with E-state index in [0.29, 0.717) is 28.2 Å². The molecule has 0 aromatic heterocycles. The molecule has 5 atom stereocenters. The lowest BCUT2D eigenvalue weighted by molar-refractivity contribution is -0.141. The summed E-state index contributed by atoms with van der Waals surface area (Å²) in [6, 6.07) is 14.9. The van der Waals surface area contributed by atoms with Gasteiger partial charge in [0.15, 0.2) is 0 Å². The minimum absolute atomic E-state index is 0.0946. The molecule has 0 radical (unpaired) electrons. The molecule has 2 aromatic rings. The zero-order valence-electron chi connectivity index (χ0n) is 26.7. The van der Waals surface area contributed by atoms with Crippen molar-refractivity contribution in [2.75, 3.05) is 31.5 Å². The Kier molecular flexibility index (Phi) is 9.65. The average Bonchev–Trinajstić information content (AvgIpc) is 3.72. The highest BCUT2D eigenvalue weighted by Crippen LogP contribution is 2.55. The molecule has 5 aliphatic rings. The van der Waals surface area contributed by atoms with E-state index in [4.69, 9.17) is 27.9 Å². The van der Waals surface area contributed by atoms with E-state index < -0.39 is 29.6 Å². The van der Waals surface area contributed by atoms with Crippen molar-refractivity contribution in [2.24, 2.45) is 17.8 Å². The molecule has 8 nitrogen and oxygen atoms in total. The number of halogens is 2. The number of nitrogens with one attached hydrogen (secondary N) is 2. The van der Waals surface area contributed by atoms with Crippen molar-refractivity contribution >= 4 is 46.6 Å². The summed E-state index contributed by atoms with van der Waals surface area (Å²) in [6.45, 7) is 3.37. The first-order chi connectivity index (χ1) is 22.8. The molecule has 10 heteroatoms. The van der Waals surface area contributed by atoms with Gasteiger partial charge < -0.3 is 25.2 Å². The van der Waals surface area contributed by atoms with Crippen LogP contribution in [-0.4, -0.2) is 77.5 Å². The number of benzene rings is 2. The van der Waals surface area contributed by atoms with E-state index in [-0.39, 0.29) is 23.8 Å². The van der Waals surface area contributed by atoms with Crippen molar-refractivity contribution in [1.82, 2.24) is 15.1 Å². The first-order valence-corrected chi connectivity index (χ1v) is 18.1. The molecular formula is C37H44Cl2N4O4. The Hall–Kier alpha value is -2.91. The fourth-order valence-corrected chi connectivity index (χ4v) is 8.96. The second-order valence-corrected chi connectivity index (χ2v) is 14.8. The van der Waals surface area contributed by atoms with Gasteiger partial charge in [-0.3, -0.25) is 14.4 Å². The number of anilines is 1. The summed E-state index contributed by atoms with van der Waals surface area (Å²) in [5.41, 5.74) is 0.720. The Bertz CT molecular complexity index is 1510. The maximum Gasteiger partial charge on any atom is 0.246 e.